The first kappa shape index (κ1) is 38.4. The number of hydrogen-bond donors (Lipinski definition) is 1. The number of hydrogen-bond acceptors (Lipinski definition) is 11. The van der Waals surface area contributed by atoms with Crippen LogP contribution < -0.4 is 15.0 Å². The van der Waals surface area contributed by atoms with Gasteiger partial charge in [-0.3, -0.25) is 34.4 Å². The van der Waals surface area contributed by atoms with Gasteiger partial charge in [-0.25, -0.2) is 4.98 Å². The first-order valence-electron chi connectivity index (χ1n) is 20.1. The third kappa shape index (κ3) is 7.89. The molecular formula is C45H44N6O8. The van der Waals surface area contributed by atoms with E-state index in [1.54, 1.807) is 18.2 Å². The summed E-state index contributed by atoms with van der Waals surface area (Å²) < 4.78 is 26.0. The fraction of sp³-hybridized carbons (Fsp3) is 0.378. The van der Waals surface area contributed by atoms with Crippen molar-refractivity contribution in [1.29, 1.82) is 0 Å². The molecule has 4 amide bonds. The summed E-state index contributed by atoms with van der Waals surface area (Å²) in [5.41, 5.74) is 5.80. The molecule has 0 spiro atoms. The zero-order chi connectivity index (χ0) is 40.5. The highest BCUT2D eigenvalue weighted by Gasteiger charge is 2.45. The molecule has 3 aliphatic heterocycles. The predicted octanol–water partition coefficient (Wildman–Crippen LogP) is 4.82. The summed E-state index contributed by atoms with van der Waals surface area (Å²) in [6.07, 6.45) is 9.72. The maximum Gasteiger partial charge on any atom is 0.262 e. The van der Waals surface area contributed by atoms with Gasteiger partial charge in [-0.1, -0.05) is 24.0 Å². The van der Waals surface area contributed by atoms with E-state index in [-0.39, 0.29) is 42.3 Å². The zero-order valence-electron chi connectivity index (χ0n) is 32.7. The molecule has 1 atom stereocenters. The van der Waals surface area contributed by atoms with Crippen molar-refractivity contribution < 1.29 is 38.1 Å². The monoisotopic (exact) mass is 796 g/mol. The number of aromatic nitrogens is 3. The van der Waals surface area contributed by atoms with Crippen molar-refractivity contribution in [3.8, 4) is 28.8 Å². The molecule has 5 aromatic rings. The van der Waals surface area contributed by atoms with Crippen LogP contribution in [-0.4, -0.2) is 107 Å². The Morgan fingerprint density at radius 3 is 2.36 bits per heavy atom. The molecule has 14 heteroatoms. The molecule has 1 aliphatic carbocycles. The molecule has 6 heterocycles. The zero-order valence-corrected chi connectivity index (χ0v) is 32.7. The second-order valence-electron chi connectivity index (χ2n) is 15.4. The van der Waals surface area contributed by atoms with Gasteiger partial charge in [0.15, 0.2) is 0 Å². The van der Waals surface area contributed by atoms with Crippen LogP contribution in [-0.2, 0) is 30.8 Å². The maximum atomic E-state index is 13.1. The van der Waals surface area contributed by atoms with Crippen molar-refractivity contribution in [2.75, 3.05) is 44.4 Å². The van der Waals surface area contributed by atoms with Crippen LogP contribution in [0.4, 0.5) is 5.69 Å². The molecule has 1 saturated carbocycles. The van der Waals surface area contributed by atoms with Crippen LogP contribution in [0.5, 0.6) is 5.88 Å². The standard InChI is InChI=1S/C45H44N6O8/c1-49-38-16-17-46-25-37(38)34-11-4-28(22-40(34)49)29-5-15-42(47-24-29)59-32-9-7-31(8-10-32)57-19-3-2-18-56-20-21-58-33-26-50(27-33)30-6-12-35-36(23-30)45(55)51(44(35)54)39-13-14-41(52)48-43(39)53/h4-6,11-12,15-17,22-25,31-33,39H,7-10,13-14,18-21,26-27H2,1H3,(H,48,52,53). The lowest BCUT2D eigenvalue weighted by Crippen LogP contribution is -2.54. The number of carbonyl (C=O) groups is 4. The summed E-state index contributed by atoms with van der Waals surface area (Å²) in [5, 5.41) is 4.56. The lowest BCUT2D eigenvalue weighted by atomic mass is 9.95. The Labute approximate surface area is 340 Å². The Bertz CT molecular complexity index is 2490. The number of aryl methyl sites for hydroxylation is 1. The van der Waals surface area contributed by atoms with Crippen LogP contribution in [0.1, 0.15) is 59.2 Å². The van der Waals surface area contributed by atoms with E-state index in [0.717, 1.165) is 63.8 Å². The molecule has 14 nitrogen and oxygen atoms in total. The molecule has 0 bridgehead atoms. The number of carbonyl (C=O) groups excluding carboxylic acids is 4. The highest BCUT2D eigenvalue weighted by Crippen LogP contribution is 2.34. The molecule has 0 radical (unpaired) electrons. The van der Waals surface area contributed by atoms with Crippen LogP contribution in [0.15, 0.2) is 73.2 Å². The number of amides is 4. The number of benzene rings is 2. The number of ether oxygens (including phenoxy) is 4. The van der Waals surface area contributed by atoms with Crippen LogP contribution in [0.25, 0.3) is 32.9 Å². The van der Waals surface area contributed by atoms with Gasteiger partial charge < -0.3 is 28.4 Å². The number of nitrogens with one attached hydrogen (secondary N) is 1. The average molecular weight is 797 g/mol. The maximum absolute atomic E-state index is 13.1. The van der Waals surface area contributed by atoms with Gasteiger partial charge in [0.1, 0.15) is 25.4 Å². The third-order valence-corrected chi connectivity index (χ3v) is 11.7. The van der Waals surface area contributed by atoms with Gasteiger partial charge in [-0.05, 0) is 74.1 Å². The average Bonchev–Trinajstić information content (AvgIpc) is 3.66. The van der Waals surface area contributed by atoms with E-state index >= 15 is 0 Å². The molecule has 9 rings (SSSR count). The largest absolute Gasteiger partial charge is 0.474 e. The van der Waals surface area contributed by atoms with Crippen LogP contribution in [0.3, 0.4) is 0 Å². The van der Waals surface area contributed by atoms with Gasteiger partial charge in [0, 0.05) is 78.8 Å². The third-order valence-electron chi connectivity index (χ3n) is 11.7. The van der Waals surface area contributed by atoms with Gasteiger partial charge in [0.05, 0.1) is 42.1 Å². The summed E-state index contributed by atoms with van der Waals surface area (Å²) in [6.45, 7) is 2.77. The Hall–Kier alpha value is -6.14. The minimum absolute atomic E-state index is 0.0158. The highest BCUT2D eigenvalue weighted by atomic mass is 16.5. The van der Waals surface area contributed by atoms with E-state index in [1.807, 2.05) is 30.7 Å². The molecular weight excluding hydrogens is 753 g/mol. The second-order valence-corrected chi connectivity index (χ2v) is 15.4. The van der Waals surface area contributed by atoms with Crippen molar-refractivity contribution in [3.63, 3.8) is 0 Å². The molecule has 2 saturated heterocycles. The molecule has 302 valence electrons. The van der Waals surface area contributed by atoms with E-state index in [0.29, 0.717) is 45.4 Å². The predicted molar refractivity (Wildman–Crippen MR) is 218 cm³/mol. The first-order valence-corrected chi connectivity index (χ1v) is 20.1. The van der Waals surface area contributed by atoms with Crippen molar-refractivity contribution in [2.24, 2.45) is 7.05 Å². The number of pyridine rings is 2. The van der Waals surface area contributed by atoms with Gasteiger partial charge in [0.2, 0.25) is 17.7 Å². The van der Waals surface area contributed by atoms with Crippen molar-refractivity contribution in [2.45, 2.75) is 62.9 Å². The van der Waals surface area contributed by atoms with Gasteiger partial charge in [0.25, 0.3) is 11.8 Å². The van der Waals surface area contributed by atoms with Gasteiger partial charge in [-0.15, -0.1) is 0 Å². The van der Waals surface area contributed by atoms with Crippen LogP contribution in [0.2, 0.25) is 0 Å². The smallest absolute Gasteiger partial charge is 0.262 e. The lowest BCUT2D eigenvalue weighted by molar-refractivity contribution is -0.136. The number of nitrogens with zero attached hydrogens (tertiary/aromatic N) is 5. The molecule has 3 fully saturated rings. The molecule has 3 aromatic heterocycles. The van der Waals surface area contributed by atoms with Crippen molar-refractivity contribution in [3.05, 3.63) is 84.3 Å². The quantitative estimate of drug-likeness (QED) is 0.105. The van der Waals surface area contributed by atoms with E-state index in [9.17, 15) is 19.2 Å². The van der Waals surface area contributed by atoms with Crippen molar-refractivity contribution >= 4 is 51.1 Å². The Balaban J connectivity index is 0.635. The summed E-state index contributed by atoms with van der Waals surface area (Å²) in [4.78, 5) is 61.9. The second kappa shape index (κ2) is 16.6. The summed E-state index contributed by atoms with van der Waals surface area (Å²) in [6, 6.07) is 16.7. The fourth-order valence-electron chi connectivity index (χ4n) is 8.41. The number of imide groups is 2. The minimum atomic E-state index is -0.984. The van der Waals surface area contributed by atoms with Crippen molar-refractivity contribution in [1.82, 2.24) is 24.8 Å². The number of fused-ring (bicyclic) bond motifs is 4. The van der Waals surface area contributed by atoms with Gasteiger partial charge >= 0.3 is 0 Å². The van der Waals surface area contributed by atoms with Crippen LogP contribution in [0, 0.1) is 11.8 Å². The molecule has 1 unspecified atom stereocenters. The summed E-state index contributed by atoms with van der Waals surface area (Å²) in [7, 11) is 2.08. The highest BCUT2D eigenvalue weighted by molar-refractivity contribution is 6.23. The van der Waals surface area contributed by atoms with Gasteiger partial charge in [-0.2, -0.15) is 0 Å². The van der Waals surface area contributed by atoms with E-state index in [4.69, 9.17) is 18.9 Å². The molecule has 2 aromatic carbocycles. The Kier molecular flexibility index (Phi) is 10.8. The molecule has 4 aliphatic rings. The number of piperidine rings is 1. The molecule has 1 N–H and O–H groups in total. The summed E-state index contributed by atoms with van der Waals surface area (Å²) >= 11 is 0. The minimum Gasteiger partial charge on any atom is -0.474 e. The topological polar surface area (TPSA) is 154 Å². The van der Waals surface area contributed by atoms with E-state index < -0.39 is 29.7 Å². The Morgan fingerprint density at radius 1 is 0.746 bits per heavy atom. The lowest BCUT2D eigenvalue weighted by Gasteiger charge is -2.40. The SMILES string of the molecule is Cn1c2ccncc2c2ccc(-c3ccc(OC4CCC(OCC#CCOCCOC5CN(c6ccc7c(c6)C(=O)N(C6CCC(=O)NC6=O)C7=O)C5)CC4)nc3)cc21. The number of rotatable bonds is 12. The Morgan fingerprint density at radius 2 is 1.54 bits per heavy atom. The summed E-state index contributed by atoms with van der Waals surface area (Å²) in [5.74, 6) is 4.64. The molecule has 59 heavy (non-hydrogen) atoms. The van der Waals surface area contributed by atoms with Crippen LogP contribution >= 0.6 is 0 Å². The first-order chi connectivity index (χ1) is 28.8. The number of anilines is 1. The van der Waals surface area contributed by atoms with E-state index in [2.05, 4.69) is 67.9 Å². The fourth-order valence-corrected chi connectivity index (χ4v) is 8.41. The van der Waals surface area contributed by atoms with E-state index in [1.165, 1.54) is 5.39 Å². The normalized spacial score (nSPS) is 20.7.